The van der Waals surface area contributed by atoms with Gasteiger partial charge in [-0.15, -0.1) is 0 Å². The maximum atomic E-state index is 11.0. The number of ether oxygens (including phenoxy) is 1. The Morgan fingerprint density at radius 3 is 3.17 bits per heavy atom. The number of hydrogen-bond donors (Lipinski definition) is 1. The Labute approximate surface area is 69.5 Å². The van der Waals surface area contributed by atoms with E-state index in [1.54, 1.807) is 0 Å². The second kappa shape index (κ2) is 3.94. The molecule has 1 aliphatic rings. The van der Waals surface area contributed by atoms with Gasteiger partial charge in [0.05, 0.1) is 13.2 Å². The van der Waals surface area contributed by atoms with Gasteiger partial charge in [0, 0.05) is 4.91 Å². The van der Waals surface area contributed by atoms with E-state index in [1.165, 1.54) is 7.11 Å². The van der Waals surface area contributed by atoms with Crippen LogP contribution in [0.25, 0.3) is 10.4 Å². The van der Waals surface area contributed by atoms with E-state index in [-0.39, 0.29) is 12.0 Å². The van der Waals surface area contributed by atoms with Crippen molar-refractivity contribution < 1.29 is 9.53 Å². The van der Waals surface area contributed by atoms with Crippen LogP contribution in [0.3, 0.4) is 0 Å². The maximum Gasteiger partial charge on any atom is 0.323 e. The highest BCUT2D eigenvalue weighted by molar-refractivity contribution is 5.77. The lowest BCUT2D eigenvalue weighted by Crippen LogP contribution is -2.38. The lowest BCUT2D eigenvalue weighted by Gasteiger charge is -2.11. The van der Waals surface area contributed by atoms with Gasteiger partial charge >= 0.3 is 5.97 Å². The minimum atomic E-state index is -0.467. The van der Waals surface area contributed by atoms with E-state index in [4.69, 9.17) is 5.53 Å². The van der Waals surface area contributed by atoms with E-state index in [2.05, 4.69) is 20.1 Å². The SMILES string of the molecule is COC(=O)[C@H]1NCC[C@@H]1N=[N+]=[N-]. The molecule has 0 bridgehead atoms. The largest absolute Gasteiger partial charge is 0.468 e. The van der Waals surface area contributed by atoms with Gasteiger partial charge in [0.2, 0.25) is 0 Å². The number of methoxy groups -OCH3 is 1. The highest BCUT2D eigenvalue weighted by Crippen LogP contribution is 2.12. The third kappa shape index (κ3) is 1.66. The number of hydrogen-bond acceptors (Lipinski definition) is 4. The van der Waals surface area contributed by atoms with Crippen LogP contribution in [0.15, 0.2) is 5.11 Å². The predicted octanol–water partition coefficient (Wildman–Crippen LogP) is 0.200. The van der Waals surface area contributed by atoms with Gasteiger partial charge in [0.1, 0.15) is 6.04 Å². The fraction of sp³-hybridized carbons (Fsp3) is 0.833. The summed E-state index contributed by atoms with van der Waals surface area (Å²) in [6.07, 6.45) is 0.684. The highest BCUT2D eigenvalue weighted by Gasteiger charge is 2.32. The molecule has 1 heterocycles. The third-order valence-electron chi connectivity index (χ3n) is 1.84. The van der Waals surface area contributed by atoms with Crippen molar-refractivity contribution >= 4 is 5.97 Å². The molecule has 6 nitrogen and oxygen atoms in total. The molecule has 0 spiro atoms. The van der Waals surface area contributed by atoms with E-state index in [0.717, 1.165) is 0 Å². The normalized spacial score (nSPS) is 27.8. The smallest absolute Gasteiger partial charge is 0.323 e. The van der Waals surface area contributed by atoms with Gasteiger partial charge in [-0.05, 0) is 18.5 Å². The number of esters is 1. The summed E-state index contributed by atoms with van der Waals surface area (Å²) < 4.78 is 4.53. The van der Waals surface area contributed by atoms with Crippen LogP contribution in [-0.4, -0.2) is 31.7 Å². The zero-order chi connectivity index (χ0) is 8.97. The molecule has 1 saturated heterocycles. The quantitative estimate of drug-likeness (QED) is 0.278. The summed E-state index contributed by atoms with van der Waals surface area (Å²) in [5, 5.41) is 6.39. The number of carbonyl (C=O) groups is 1. The fourth-order valence-electron chi connectivity index (χ4n) is 1.25. The van der Waals surface area contributed by atoms with E-state index in [9.17, 15) is 4.79 Å². The standard InChI is InChI=1S/C6H10N4O2/c1-12-6(11)5-4(9-10-7)2-3-8-5/h4-5,8H,2-3H2,1H3/t4-,5-/m0/s1. The number of carbonyl (C=O) groups excluding carboxylic acids is 1. The molecular formula is C6H10N4O2. The fourth-order valence-corrected chi connectivity index (χ4v) is 1.25. The van der Waals surface area contributed by atoms with Gasteiger partial charge in [-0.25, -0.2) is 0 Å². The molecule has 1 fully saturated rings. The molecule has 6 heteroatoms. The highest BCUT2D eigenvalue weighted by atomic mass is 16.5. The molecular weight excluding hydrogens is 160 g/mol. The van der Waals surface area contributed by atoms with Crippen molar-refractivity contribution in [2.75, 3.05) is 13.7 Å². The van der Waals surface area contributed by atoms with Crippen molar-refractivity contribution in [2.45, 2.75) is 18.5 Å². The predicted molar refractivity (Wildman–Crippen MR) is 41.4 cm³/mol. The molecule has 0 radical (unpaired) electrons. The van der Waals surface area contributed by atoms with Crippen LogP contribution in [0.5, 0.6) is 0 Å². The van der Waals surface area contributed by atoms with Gasteiger partial charge in [0.15, 0.2) is 0 Å². The summed E-state index contributed by atoms with van der Waals surface area (Å²) in [7, 11) is 1.31. The van der Waals surface area contributed by atoms with E-state index >= 15 is 0 Å². The molecule has 1 rings (SSSR count). The molecule has 0 unspecified atom stereocenters. The average molecular weight is 170 g/mol. The molecule has 1 N–H and O–H groups in total. The summed E-state index contributed by atoms with van der Waals surface area (Å²) >= 11 is 0. The molecule has 0 saturated carbocycles. The van der Waals surface area contributed by atoms with Crippen LogP contribution in [-0.2, 0) is 9.53 Å². The van der Waals surface area contributed by atoms with Crippen LogP contribution in [0.2, 0.25) is 0 Å². The van der Waals surface area contributed by atoms with Crippen LogP contribution in [0, 0.1) is 0 Å². The molecule has 1 aliphatic heterocycles. The van der Waals surface area contributed by atoms with Gasteiger partial charge in [0.25, 0.3) is 0 Å². The van der Waals surface area contributed by atoms with Crippen molar-refractivity contribution in [3.05, 3.63) is 10.4 Å². The Bertz CT molecular complexity index is 224. The number of nitrogens with one attached hydrogen (secondary N) is 1. The molecule has 12 heavy (non-hydrogen) atoms. The zero-order valence-corrected chi connectivity index (χ0v) is 6.73. The van der Waals surface area contributed by atoms with Crippen molar-refractivity contribution in [1.82, 2.24) is 5.32 Å². The molecule has 0 aromatic carbocycles. The second-order valence-corrected chi connectivity index (χ2v) is 2.52. The zero-order valence-electron chi connectivity index (χ0n) is 6.73. The van der Waals surface area contributed by atoms with Crippen LogP contribution in [0.1, 0.15) is 6.42 Å². The number of nitrogens with zero attached hydrogens (tertiary/aromatic N) is 3. The van der Waals surface area contributed by atoms with Gasteiger partial charge < -0.3 is 10.1 Å². The minimum Gasteiger partial charge on any atom is -0.468 e. The summed E-state index contributed by atoms with van der Waals surface area (Å²) in [5.41, 5.74) is 8.18. The van der Waals surface area contributed by atoms with Crippen LogP contribution < -0.4 is 5.32 Å². The Balaban J connectivity index is 2.63. The van der Waals surface area contributed by atoms with Gasteiger partial charge in [-0.3, -0.25) is 4.79 Å². The summed E-state index contributed by atoms with van der Waals surface area (Å²) in [5.74, 6) is -0.370. The molecule has 66 valence electrons. The van der Waals surface area contributed by atoms with Crippen LogP contribution in [0.4, 0.5) is 0 Å². The van der Waals surface area contributed by atoms with E-state index in [1.807, 2.05) is 0 Å². The summed E-state index contributed by atoms with van der Waals surface area (Å²) in [6.45, 7) is 0.684. The van der Waals surface area contributed by atoms with Crippen molar-refractivity contribution in [3.8, 4) is 0 Å². The lowest BCUT2D eigenvalue weighted by molar-refractivity contribution is -0.142. The van der Waals surface area contributed by atoms with Gasteiger partial charge in [-0.2, -0.15) is 0 Å². The summed E-state index contributed by atoms with van der Waals surface area (Å²) in [6, 6.07) is -0.770. The lowest BCUT2D eigenvalue weighted by atomic mass is 10.1. The minimum absolute atomic E-state index is 0.303. The Hall–Kier alpha value is -1.26. The van der Waals surface area contributed by atoms with E-state index in [0.29, 0.717) is 13.0 Å². The van der Waals surface area contributed by atoms with Crippen molar-refractivity contribution in [2.24, 2.45) is 5.11 Å². The summed E-state index contributed by atoms with van der Waals surface area (Å²) in [4.78, 5) is 13.7. The first kappa shape index (κ1) is 8.83. The number of rotatable bonds is 2. The Morgan fingerprint density at radius 2 is 2.58 bits per heavy atom. The first-order valence-corrected chi connectivity index (χ1v) is 3.65. The van der Waals surface area contributed by atoms with Crippen molar-refractivity contribution in [3.63, 3.8) is 0 Å². The topological polar surface area (TPSA) is 87.1 Å². The third-order valence-corrected chi connectivity index (χ3v) is 1.84. The molecule has 0 aliphatic carbocycles. The first-order valence-electron chi connectivity index (χ1n) is 3.65. The molecule has 0 aromatic heterocycles. The monoisotopic (exact) mass is 170 g/mol. The van der Waals surface area contributed by atoms with Crippen LogP contribution >= 0.6 is 0 Å². The second-order valence-electron chi connectivity index (χ2n) is 2.52. The first-order chi connectivity index (χ1) is 5.79. The maximum absolute atomic E-state index is 11.0. The molecule has 0 aromatic rings. The average Bonchev–Trinajstić information content (AvgIpc) is 2.52. The Morgan fingerprint density at radius 1 is 1.83 bits per heavy atom. The Kier molecular flexibility index (Phi) is 2.90. The van der Waals surface area contributed by atoms with Gasteiger partial charge in [-0.1, -0.05) is 5.11 Å². The molecule has 0 amide bonds. The number of azide groups is 1. The van der Waals surface area contributed by atoms with E-state index < -0.39 is 6.04 Å². The molecule has 2 atom stereocenters. The van der Waals surface area contributed by atoms with Crippen molar-refractivity contribution in [1.29, 1.82) is 0 Å².